The normalized spacial score (nSPS) is 49.8. The Bertz CT molecular complexity index is 760. The van der Waals surface area contributed by atoms with Gasteiger partial charge in [0, 0.05) is 17.8 Å². The third kappa shape index (κ3) is 3.48. The van der Waals surface area contributed by atoms with Crippen LogP contribution in [0, 0.1) is 51.8 Å². The van der Waals surface area contributed by atoms with Crippen LogP contribution in [-0.4, -0.2) is 11.0 Å². The molecule has 32 heavy (non-hydrogen) atoms. The van der Waals surface area contributed by atoms with Crippen molar-refractivity contribution in [2.24, 2.45) is 51.8 Å². The maximum absolute atomic E-state index is 12.6. The third-order valence-corrected chi connectivity index (χ3v) is 11.9. The Balaban J connectivity index is 0.000000775. The lowest BCUT2D eigenvalue weighted by atomic mass is 9.37. The molecule has 0 spiro atoms. The molecular formula is C29H45ClO2. The molecule has 9 atom stereocenters. The molecule has 0 aromatic rings. The van der Waals surface area contributed by atoms with Gasteiger partial charge >= 0.3 is 0 Å². The van der Waals surface area contributed by atoms with E-state index in [4.69, 9.17) is 11.6 Å². The summed E-state index contributed by atoms with van der Waals surface area (Å²) in [5.74, 6) is 4.05. The van der Waals surface area contributed by atoms with Gasteiger partial charge in [-0.2, -0.15) is 0 Å². The molecule has 0 N–H and O–H groups in total. The van der Waals surface area contributed by atoms with Crippen molar-refractivity contribution in [3.05, 3.63) is 12.7 Å². The summed E-state index contributed by atoms with van der Waals surface area (Å²) in [6.45, 7) is 12.6. The molecule has 0 heterocycles. The van der Waals surface area contributed by atoms with Gasteiger partial charge in [-0.1, -0.05) is 39.7 Å². The first-order chi connectivity index (χ1) is 15.2. The van der Waals surface area contributed by atoms with Crippen LogP contribution in [-0.2, 0) is 9.59 Å². The molecule has 2 nitrogen and oxygen atoms in total. The summed E-state index contributed by atoms with van der Waals surface area (Å²) in [6, 6.07) is 0. The molecule has 9 unspecified atom stereocenters. The fraction of sp³-hybridized carbons (Fsp3) is 0.862. The summed E-state index contributed by atoms with van der Waals surface area (Å²) >= 11 is 6.30. The summed E-state index contributed by atoms with van der Waals surface area (Å²) in [5, 5.41) is -0.0248. The number of carbonyl (C=O) groups excluding carboxylic acids is 2. The zero-order chi connectivity index (χ0) is 23.3. The number of hydrogen-bond donors (Lipinski definition) is 0. The predicted molar refractivity (Wildman–Crippen MR) is 132 cm³/mol. The molecule has 0 aliphatic heterocycles. The van der Waals surface area contributed by atoms with Gasteiger partial charge in [0.1, 0.15) is 5.78 Å². The van der Waals surface area contributed by atoms with Crippen LogP contribution in [0.25, 0.3) is 0 Å². The highest BCUT2D eigenvalue weighted by Crippen LogP contribution is 2.71. The molecule has 5 aliphatic rings. The van der Waals surface area contributed by atoms with Crippen LogP contribution in [0.4, 0.5) is 0 Å². The molecule has 0 aromatic heterocycles. The first-order valence-electron chi connectivity index (χ1n) is 13.5. The molecule has 180 valence electrons. The van der Waals surface area contributed by atoms with Gasteiger partial charge < -0.3 is 0 Å². The smallest absolute Gasteiger partial charge is 0.228 e. The highest BCUT2D eigenvalue weighted by molar-refractivity contribution is 6.64. The Kier molecular flexibility index (Phi) is 6.78. The van der Waals surface area contributed by atoms with E-state index in [-0.39, 0.29) is 16.6 Å². The number of ketones is 1. The maximum Gasteiger partial charge on any atom is 0.228 e. The number of carbonyl (C=O) groups is 2. The molecule has 5 aliphatic carbocycles. The highest BCUT2D eigenvalue weighted by atomic mass is 35.5. The van der Waals surface area contributed by atoms with Crippen LogP contribution < -0.4 is 0 Å². The van der Waals surface area contributed by atoms with E-state index >= 15 is 0 Å². The topological polar surface area (TPSA) is 34.1 Å². The minimum Gasteiger partial charge on any atom is -0.299 e. The molecule has 0 amide bonds. The fourth-order valence-corrected chi connectivity index (χ4v) is 10.5. The Morgan fingerprint density at radius 2 is 1.59 bits per heavy atom. The molecule has 5 rings (SSSR count). The minimum absolute atomic E-state index is 0.0248. The summed E-state index contributed by atoms with van der Waals surface area (Å²) < 4.78 is 0. The summed E-state index contributed by atoms with van der Waals surface area (Å²) in [7, 11) is 0. The van der Waals surface area contributed by atoms with Gasteiger partial charge in [0.05, 0.1) is 0 Å². The molecule has 3 heteroatoms. The molecule has 0 saturated heterocycles. The highest BCUT2D eigenvalue weighted by Gasteiger charge is 2.65. The molecule has 5 saturated carbocycles. The maximum atomic E-state index is 12.6. The van der Waals surface area contributed by atoms with Crippen LogP contribution in [0.1, 0.15) is 105 Å². The van der Waals surface area contributed by atoms with Gasteiger partial charge in [-0.05, 0) is 117 Å². The number of hydrogen-bond acceptors (Lipinski definition) is 2. The van der Waals surface area contributed by atoms with Gasteiger partial charge in [-0.15, -0.1) is 6.58 Å². The van der Waals surface area contributed by atoms with Crippen LogP contribution in [0.15, 0.2) is 12.7 Å². The minimum atomic E-state index is -0.211. The first-order valence-corrected chi connectivity index (χ1v) is 13.8. The third-order valence-electron chi connectivity index (χ3n) is 11.5. The lowest BCUT2D eigenvalue weighted by Crippen LogP contribution is -2.62. The number of halogens is 1. The second-order valence-corrected chi connectivity index (χ2v) is 12.9. The monoisotopic (exact) mass is 460 g/mol. The van der Waals surface area contributed by atoms with E-state index in [1.807, 2.05) is 6.92 Å². The number of fused-ring (bicyclic) bond motifs is 7. The van der Waals surface area contributed by atoms with E-state index in [0.29, 0.717) is 34.4 Å². The summed E-state index contributed by atoms with van der Waals surface area (Å²) in [6.07, 6.45) is 15.7. The van der Waals surface area contributed by atoms with Gasteiger partial charge in [-0.3, -0.25) is 9.59 Å². The van der Waals surface area contributed by atoms with Crippen LogP contribution in [0.3, 0.4) is 0 Å². The average Bonchev–Trinajstić information content (AvgIpc) is 2.76. The molecule has 0 radical (unpaired) electrons. The standard InChI is InChI=1S/C26H39ClO2.C3H6/c1-16-18-9-13-25(3)19-10-15-26(23(27)29)12-5-4-6-20(26)17(19)7-8-22(25)24(18,2)14-11-21(16)28;1-3-2/h16-20,22H,4-15H2,1-3H3;3H,1H2,2H3. The predicted octanol–water partition coefficient (Wildman–Crippen LogP) is 7.98. The van der Waals surface area contributed by atoms with Gasteiger partial charge in [0.15, 0.2) is 0 Å². The van der Waals surface area contributed by atoms with Crippen LogP contribution in [0.5, 0.6) is 0 Å². The quantitative estimate of drug-likeness (QED) is 0.293. The Morgan fingerprint density at radius 1 is 0.938 bits per heavy atom. The van der Waals surface area contributed by atoms with E-state index in [2.05, 4.69) is 27.4 Å². The number of allylic oxidation sites excluding steroid dienone is 1. The molecule has 5 fully saturated rings. The van der Waals surface area contributed by atoms with Gasteiger partial charge in [0.2, 0.25) is 5.24 Å². The van der Waals surface area contributed by atoms with Crippen molar-refractivity contribution in [3.8, 4) is 0 Å². The van der Waals surface area contributed by atoms with E-state index in [0.717, 1.165) is 37.5 Å². The van der Waals surface area contributed by atoms with E-state index < -0.39 is 0 Å². The molecule has 0 aromatic carbocycles. The number of Topliss-reactive ketones (excluding diaryl/α,β-unsaturated/α-hetero) is 1. The second-order valence-electron chi connectivity index (χ2n) is 12.5. The average molecular weight is 461 g/mol. The Labute approximate surface area is 201 Å². The largest absolute Gasteiger partial charge is 0.299 e. The van der Waals surface area contributed by atoms with Crippen molar-refractivity contribution in [2.45, 2.75) is 105 Å². The zero-order valence-electron chi connectivity index (χ0n) is 20.9. The van der Waals surface area contributed by atoms with E-state index in [1.165, 1.54) is 51.4 Å². The van der Waals surface area contributed by atoms with Crippen molar-refractivity contribution in [1.29, 1.82) is 0 Å². The van der Waals surface area contributed by atoms with Crippen molar-refractivity contribution >= 4 is 22.6 Å². The second kappa shape index (κ2) is 8.86. The van der Waals surface area contributed by atoms with Crippen molar-refractivity contribution < 1.29 is 9.59 Å². The van der Waals surface area contributed by atoms with Crippen molar-refractivity contribution in [2.75, 3.05) is 0 Å². The van der Waals surface area contributed by atoms with Crippen LogP contribution in [0.2, 0.25) is 0 Å². The van der Waals surface area contributed by atoms with Crippen molar-refractivity contribution in [1.82, 2.24) is 0 Å². The summed E-state index contributed by atoms with van der Waals surface area (Å²) in [5.41, 5.74) is 0.499. The lowest BCUT2D eigenvalue weighted by molar-refractivity contribution is -0.191. The lowest BCUT2D eigenvalue weighted by Gasteiger charge is -2.67. The van der Waals surface area contributed by atoms with E-state index in [1.54, 1.807) is 6.08 Å². The summed E-state index contributed by atoms with van der Waals surface area (Å²) in [4.78, 5) is 25.1. The van der Waals surface area contributed by atoms with Gasteiger partial charge in [0.25, 0.3) is 0 Å². The van der Waals surface area contributed by atoms with E-state index in [9.17, 15) is 9.59 Å². The van der Waals surface area contributed by atoms with Crippen LogP contribution >= 0.6 is 11.6 Å². The Morgan fingerprint density at radius 3 is 2.28 bits per heavy atom. The van der Waals surface area contributed by atoms with Gasteiger partial charge in [-0.25, -0.2) is 0 Å². The Hall–Kier alpha value is -0.630. The molecule has 0 bridgehead atoms. The fourth-order valence-electron chi connectivity index (χ4n) is 10.1. The van der Waals surface area contributed by atoms with Crippen molar-refractivity contribution in [3.63, 3.8) is 0 Å². The molecular weight excluding hydrogens is 416 g/mol. The zero-order valence-corrected chi connectivity index (χ0v) is 21.7. The SMILES string of the molecule is C=CC.CC1C(=O)CCC2(C)C1CCC1(C)C3CCC4(C(=O)Cl)CCCCC4C3CCC21. The number of rotatable bonds is 1. The first kappa shape index (κ1) is 24.5.